The average Bonchev–Trinajstić information content (AvgIpc) is 2.89. The molecule has 0 radical (unpaired) electrons. The predicted molar refractivity (Wildman–Crippen MR) is 93.8 cm³/mol. The number of thiophene rings is 1. The summed E-state index contributed by atoms with van der Waals surface area (Å²) in [6.07, 6.45) is 1.61. The first-order chi connectivity index (χ1) is 11.1. The van der Waals surface area contributed by atoms with Crippen molar-refractivity contribution in [2.45, 2.75) is 25.8 Å². The van der Waals surface area contributed by atoms with Gasteiger partial charge in [0.15, 0.2) is 4.77 Å². The van der Waals surface area contributed by atoms with E-state index in [0.717, 1.165) is 20.8 Å². The number of benzene rings is 1. The summed E-state index contributed by atoms with van der Waals surface area (Å²) in [5.41, 5.74) is 2.01. The lowest BCUT2D eigenvalue weighted by molar-refractivity contribution is -0.118. The SMILES string of the molecule is O=C1CCc2c(sc3[nH]c(=S)n(Cc4ccccc4)c(=O)c23)C1. The van der Waals surface area contributed by atoms with Gasteiger partial charge in [0.1, 0.15) is 10.6 Å². The van der Waals surface area contributed by atoms with Gasteiger partial charge in [0, 0.05) is 17.7 Å². The Morgan fingerprint density at radius 1 is 1.17 bits per heavy atom. The van der Waals surface area contributed by atoms with E-state index in [9.17, 15) is 9.59 Å². The summed E-state index contributed by atoms with van der Waals surface area (Å²) >= 11 is 6.87. The van der Waals surface area contributed by atoms with E-state index >= 15 is 0 Å². The van der Waals surface area contributed by atoms with Crippen LogP contribution in [0.5, 0.6) is 0 Å². The zero-order valence-electron chi connectivity index (χ0n) is 12.3. The van der Waals surface area contributed by atoms with E-state index in [2.05, 4.69) is 4.98 Å². The Balaban J connectivity index is 1.91. The van der Waals surface area contributed by atoms with E-state index in [4.69, 9.17) is 12.2 Å². The highest BCUT2D eigenvalue weighted by Crippen LogP contribution is 2.32. The highest BCUT2D eigenvalue weighted by atomic mass is 32.1. The van der Waals surface area contributed by atoms with Crippen molar-refractivity contribution in [2.75, 3.05) is 0 Å². The van der Waals surface area contributed by atoms with Crippen LogP contribution in [-0.4, -0.2) is 15.3 Å². The van der Waals surface area contributed by atoms with Crippen molar-refractivity contribution in [3.05, 3.63) is 61.5 Å². The maximum absolute atomic E-state index is 13.0. The van der Waals surface area contributed by atoms with Gasteiger partial charge in [0.2, 0.25) is 0 Å². The fourth-order valence-corrected chi connectivity index (χ4v) is 4.65. The van der Waals surface area contributed by atoms with E-state index in [1.54, 1.807) is 4.57 Å². The maximum atomic E-state index is 13.0. The van der Waals surface area contributed by atoms with E-state index in [-0.39, 0.29) is 11.3 Å². The Labute approximate surface area is 141 Å². The number of rotatable bonds is 2. The van der Waals surface area contributed by atoms with Gasteiger partial charge in [0.05, 0.1) is 11.9 Å². The van der Waals surface area contributed by atoms with Gasteiger partial charge < -0.3 is 4.98 Å². The van der Waals surface area contributed by atoms with Crippen molar-refractivity contribution in [3.8, 4) is 0 Å². The van der Waals surface area contributed by atoms with Crippen molar-refractivity contribution in [3.63, 3.8) is 0 Å². The molecule has 116 valence electrons. The van der Waals surface area contributed by atoms with E-state index in [1.807, 2.05) is 30.3 Å². The van der Waals surface area contributed by atoms with Gasteiger partial charge in [-0.25, -0.2) is 0 Å². The number of nitrogens with one attached hydrogen (secondary N) is 1. The molecule has 1 aromatic carbocycles. The van der Waals surface area contributed by atoms with Crippen LogP contribution >= 0.6 is 23.6 Å². The molecule has 2 aromatic heterocycles. The number of H-pyrrole nitrogens is 1. The summed E-state index contributed by atoms with van der Waals surface area (Å²) < 4.78 is 2.03. The summed E-state index contributed by atoms with van der Waals surface area (Å²) in [6.45, 7) is 0.453. The zero-order chi connectivity index (χ0) is 16.0. The molecule has 0 atom stereocenters. The molecule has 0 fully saturated rings. The highest BCUT2D eigenvalue weighted by Gasteiger charge is 2.23. The van der Waals surface area contributed by atoms with Crippen LogP contribution in [-0.2, 0) is 24.2 Å². The molecule has 0 unspecified atom stereocenters. The number of aryl methyl sites for hydroxylation is 1. The molecule has 2 heterocycles. The van der Waals surface area contributed by atoms with Gasteiger partial charge in [-0.3, -0.25) is 14.2 Å². The lowest BCUT2D eigenvalue weighted by Gasteiger charge is -2.10. The molecule has 0 amide bonds. The molecule has 1 aliphatic carbocycles. The summed E-state index contributed by atoms with van der Waals surface area (Å²) in [6, 6.07) is 9.80. The number of hydrogen-bond donors (Lipinski definition) is 1. The molecule has 6 heteroatoms. The number of Topliss-reactive ketones (excluding diaryl/α,β-unsaturated/α-hetero) is 1. The third kappa shape index (κ3) is 2.48. The smallest absolute Gasteiger partial charge is 0.263 e. The zero-order valence-corrected chi connectivity index (χ0v) is 13.9. The number of carbonyl (C=O) groups excluding carboxylic acids is 1. The van der Waals surface area contributed by atoms with Gasteiger partial charge in [-0.15, -0.1) is 11.3 Å². The maximum Gasteiger partial charge on any atom is 0.263 e. The van der Waals surface area contributed by atoms with Crippen LogP contribution in [0.2, 0.25) is 0 Å². The van der Waals surface area contributed by atoms with Gasteiger partial charge >= 0.3 is 0 Å². The quantitative estimate of drug-likeness (QED) is 0.728. The van der Waals surface area contributed by atoms with Crippen molar-refractivity contribution in [1.29, 1.82) is 0 Å². The summed E-state index contributed by atoms with van der Waals surface area (Å²) in [5, 5.41) is 0.710. The number of carbonyl (C=O) groups is 1. The first kappa shape index (κ1) is 14.5. The van der Waals surface area contributed by atoms with Gasteiger partial charge in [0.25, 0.3) is 5.56 Å². The van der Waals surface area contributed by atoms with Crippen LogP contribution in [0.4, 0.5) is 0 Å². The minimum atomic E-state index is -0.0561. The Morgan fingerprint density at radius 3 is 2.74 bits per heavy atom. The first-order valence-corrected chi connectivity index (χ1v) is 8.69. The van der Waals surface area contributed by atoms with Gasteiger partial charge in [-0.2, -0.15) is 0 Å². The van der Waals surface area contributed by atoms with E-state index < -0.39 is 0 Å². The van der Waals surface area contributed by atoms with E-state index in [0.29, 0.717) is 36.0 Å². The molecule has 23 heavy (non-hydrogen) atoms. The van der Waals surface area contributed by atoms with Crippen LogP contribution in [0.3, 0.4) is 0 Å². The average molecular weight is 342 g/mol. The summed E-state index contributed by atoms with van der Waals surface area (Å²) in [4.78, 5) is 29.6. The normalized spacial score (nSPS) is 14.2. The predicted octanol–water partition coefficient (Wildman–Crippen LogP) is 3.23. The van der Waals surface area contributed by atoms with Crippen LogP contribution in [0.1, 0.15) is 22.4 Å². The number of nitrogens with zero attached hydrogens (tertiary/aromatic N) is 1. The molecule has 1 aliphatic rings. The minimum Gasteiger partial charge on any atom is -0.323 e. The van der Waals surface area contributed by atoms with Gasteiger partial charge in [-0.1, -0.05) is 30.3 Å². The number of fused-ring (bicyclic) bond motifs is 3. The summed E-state index contributed by atoms with van der Waals surface area (Å²) in [7, 11) is 0. The Kier molecular flexibility index (Phi) is 3.50. The largest absolute Gasteiger partial charge is 0.323 e. The second-order valence-electron chi connectivity index (χ2n) is 5.73. The second kappa shape index (κ2) is 5.54. The molecule has 0 saturated heterocycles. The number of aromatic nitrogens is 2. The standard InChI is InChI=1S/C17H14N2O2S2/c20-11-6-7-12-13(8-11)23-15-14(12)16(21)19(17(22)18-15)9-10-4-2-1-3-5-10/h1-5H,6-9H2,(H,18,22). The molecular weight excluding hydrogens is 328 g/mol. The Bertz CT molecular complexity index is 1030. The first-order valence-electron chi connectivity index (χ1n) is 7.46. The number of hydrogen-bond acceptors (Lipinski definition) is 4. The highest BCUT2D eigenvalue weighted by molar-refractivity contribution is 7.71. The van der Waals surface area contributed by atoms with Crippen LogP contribution in [0, 0.1) is 4.77 Å². The molecule has 0 bridgehead atoms. The van der Waals surface area contributed by atoms with Crippen molar-refractivity contribution >= 4 is 39.6 Å². The van der Waals surface area contributed by atoms with Crippen LogP contribution < -0.4 is 5.56 Å². The fourth-order valence-electron chi connectivity index (χ4n) is 3.07. The lowest BCUT2D eigenvalue weighted by Crippen LogP contribution is -2.23. The third-order valence-electron chi connectivity index (χ3n) is 4.21. The lowest BCUT2D eigenvalue weighted by atomic mass is 9.96. The van der Waals surface area contributed by atoms with Crippen molar-refractivity contribution in [1.82, 2.24) is 9.55 Å². The van der Waals surface area contributed by atoms with Crippen LogP contribution in [0.15, 0.2) is 35.1 Å². The second-order valence-corrected chi connectivity index (χ2v) is 7.22. The van der Waals surface area contributed by atoms with Gasteiger partial charge in [-0.05, 0) is 29.8 Å². The fraction of sp³-hybridized carbons (Fsp3) is 0.235. The number of ketones is 1. The van der Waals surface area contributed by atoms with Crippen molar-refractivity contribution < 1.29 is 4.79 Å². The molecule has 4 nitrogen and oxygen atoms in total. The van der Waals surface area contributed by atoms with E-state index in [1.165, 1.54) is 11.3 Å². The topological polar surface area (TPSA) is 54.9 Å². The summed E-state index contributed by atoms with van der Waals surface area (Å²) in [5.74, 6) is 0.243. The third-order valence-corrected chi connectivity index (χ3v) is 5.68. The molecule has 1 N–H and O–H groups in total. The van der Waals surface area contributed by atoms with Crippen LogP contribution in [0.25, 0.3) is 10.2 Å². The molecular formula is C17H14N2O2S2. The molecule has 0 saturated carbocycles. The Morgan fingerprint density at radius 2 is 1.96 bits per heavy atom. The Hall–Kier alpha value is -2.05. The molecule has 0 spiro atoms. The molecule has 0 aliphatic heterocycles. The monoisotopic (exact) mass is 342 g/mol. The molecule has 4 rings (SSSR count). The minimum absolute atomic E-state index is 0.0561. The molecule has 3 aromatic rings. The van der Waals surface area contributed by atoms with Crippen molar-refractivity contribution in [2.24, 2.45) is 0 Å². The number of aromatic amines is 1.